The number of esters is 1. The first-order valence-corrected chi connectivity index (χ1v) is 9.62. The first-order chi connectivity index (χ1) is 14.4. The van der Waals surface area contributed by atoms with Crippen LogP contribution in [0.3, 0.4) is 0 Å². The second-order valence-electron chi connectivity index (χ2n) is 8.51. The second kappa shape index (κ2) is 8.67. The van der Waals surface area contributed by atoms with Gasteiger partial charge in [0.05, 0.1) is 0 Å². The fourth-order valence-corrected chi connectivity index (χ4v) is 3.84. The number of ether oxygens (including phenoxy) is 1. The molecule has 0 heterocycles. The van der Waals surface area contributed by atoms with E-state index in [0.29, 0.717) is 6.92 Å². The molecule has 1 aliphatic rings. The van der Waals surface area contributed by atoms with Gasteiger partial charge in [0.25, 0.3) is 0 Å². The lowest BCUT2D eigenvalue weighted by Crippen LogP contribution is -2.67. The fourth-order valence-electron chi connectivity index (χ4n) is 3.84. The molecule has 0 aromatic carbocycles. The molecule has 0 radical (unpaired) electrons. The van der Waals surface area contributed by atoms with E-state index in [1.807, 2.05) is 0 Å². The van der Waals surface area contributed by atoms with Crippen LogP contribution in [0, 0.1) is 17.3 Å². The van der Waals surface area contributed by atoms with Crippen LogP contribution >= 0.6 is 0 Å². The Balaban J connectivity index is 3.65. The van der Waals surface area contributed by atoms with Gasteiger partial charge in [0.15, 0.2) is 11.0 Å². The van der Waals surface area contributed by atoms with Crippen molar-refractivity contribution >= 4 is 5.97 Å². The van der Waals surface area contributed by atoms with E-state index in [-0.39, 0.29) is 13.8 Å². The molecule has 0 aliphatic heterocycles. The highest BCUT2D eigenvalue weighted by atomic mass is 19.4. The summed E-state index contributed by atoms with van der Waals surface area (Å²) in [7, 11) is 0. The summed E-state index contributed by atoms with van der Waals surface area (Å²) in [6.45, 7) is 0.923. The van der Waals surface area contributed by atoms with Crippen molar-refractivity contribution in [1.29, 1.82) is 0 Å². The number of alkyl halides is 12. The maximum absolute atomic E-state index is 13.9. The molecule has 196 valence electrons. The molecule has 1 rings (SSSR count). The molecule has 15 heteroatoms. The number of carbonyl (C=O) groups excluding carboxylic acids is 1. The Kier molecular flexibility index (Phi) is 7.78. The lowest BCUT2D eigenvalue weighted by molar-refractivity contribution is -0.395. The molecule has 0 spiro atoms. The first-order valence-electron chi connectivity index (χ1n) is 9.62. The van der Waals surface area contributed by atoms with Gasteiger partial charge in [0.2, 0.25) is 0 Å². The minimum atomic E-state index is -6.53. The van der Waals surface area contributed by atoms with E-state index in [1.165, 1.54) is 0 Å². The maximum Gasteiger partial charge on any atom is 0.437 e. The lowest BCUT2D eigenvalue weighted by Gasteiger charge is -2.48. The monoisotopic (exact) mass is 514 g/mol. The van der Waals surface area contributed by atoms with Gasteiger partial charge in [-0.2, -0.15) is 52.7 Å². The summed E-state index contributed by atoms with van der Waals surface area (Å²) in [5, 5.41) is 9.78. The van der Waals surface area contributed by atoms with E-state index in [1.54, 1.807) is 0 Å². The number of hydrogen-bond donors (Lipinski definition) is 1. The van der Waals surface area contributed by atoms with Gasteiger partial charge in [0, 0.05) is 5.92 Å². The van der Waals surface area contributed by atoms with Gasteiger partial charge in [-0.1, -0.05) is 13.3 Å². The molecule has 0 aromatic heterocycles. The van der Waals surface area contributed by atoms with Gasteiger partial charge in [-0.05, 0) is 45.4 Å². The minimum absolute atomic E-state index is 0.0605. The van der Waals surface area contributed by atoms with Crippen LogP contribution in [0.4, 0.5) is 52.7 Å². The number of carbonyl (C=O) groups is 1. The fraction of sp³-hybridized carbons (Fsp3) is 0.944. The van der Waals surface area contributed by atoms with Crippen molar-refractivity contribution in [2.75, 3.05) is 0 Å². The predicted octanol–water partition coefficient (Wildman–Crippen LogP) is 6.49. The number of rotatable bonds is 5. The van der Waals surface area contributed by atoms with Gasteiger partial charge in [-0.15, -0.1) is 0 Å². The van der Waals surface area contributed by atoms with Crippen LogP contribution in [0.25, 0.3) is 0 Å². The molecule has 0 bridgehead atoms. The minimum Gasteiger partial charge on any atom is -0.438 e. The summed E-state index contributed by atoms with van der Waals surface area (Å²) in [6.07, 6.45) is -29.2. The Morgan fingerprint density at radius 3 is 1.55 bits per heavy atom. The van der Waals surface area contributed by atoms with Gasteiger partial charge >= 0.3 is 36.3 Å². The average molecular weight is 514 g/mol. The molecule has 1 saturated carbocycles. The van der Waals surface area contributed by atoms with Crippen molar-refractivity contribution in [3.63, 3.8) is 0 Å². The highest BCUT2D eigenvalue weighted by Crippen LogP contribution is 2.58. The molecule has 1 fully saturated rings. The molecule has 3 nitrogen and oxygen atoms in total. The zero-order valence-corrected chi connectivity index (χ0v) is 17.5. The highest BCUT2D eigenvalue weighted by molar-refractivity contribution is 5.78. The Hall–Kier alpha value is -1.41. The summed E-state index contributed by atoms with van der Waals surface area (Å²) >= 11 is 0. The molecular weight excluding hydrogens is 492 g/mol. The standard InChI is InChI=1S/C18H22F12O3/c1-4-12(2,15(19,20)21)11(31)33-14(17(25,26)27,18(28,29)30)10-7-5-6-9(8-10)13(3,32)16(22,23)24/h9-10,32H,4-8H2,1-3H3. The van der Waals surface area contributed by atoms with Crippen molar-refractivity contribution in [3.8, 4) is 0 Å². The summed E-state index contributed by atoms with van der Waals surface area (Å²) in [5.41, 5.74) is -13.0. The lowest BCUT2D eigenvalue weighted by atomic mass is 9.67. The number of hydrogen-bond acceptors (Lipinski definition) is 3. The maximum atomic E-state index is 13.9. The van der Waals surface area contributed by atoms with Crippen molar-refractivity contribution in [3.05, 3.63) is 0 Å². The third kappa shape index (κ3) is 5.02. The predicted molar refractivity (Wildman–Crippen MR) is 87.5 cm³/mol. The molecule has 0 amide bonds. The molecular formula is C18H22F12O3. The molecule has 4 atom stereocenters. The quantitative estimate of drug-likeness (QED) is 0.337. The molecule has 1 N–H and O–H groups in total. The normalized spacial score (nSPS) is 25.2. The third-order valence-corrected chi connectivity index (χ3v) is 6.50. The third-order valence-electron chi connectivity index (χ3n) is 6.50. The summed E-state index contributed by atoms with van der Waals surface area (Å²) < 4.78 is 166. The molecule has 0 aromatic rings. The van der Waals surface area contributed by atoms with Crippen molar-refractivity contribution < 1.29 is 67.3 Å². The van der Waals surface area contributed by atoms with Crippen molar-refractivity contribution in [2.24, 2.45) is 17.3 Å². The Bertz CT molecular complexity index is 690. The summed E-state index contributed by atoms with van der Waals surface area (Å²) in [5.74, 6) is -7.96. The van der Waals surface area contributed by atoms with Gasteiger partial charge < -0.3 is 9.84 Å². The smallest absolute Gasteiger partial charge is 0.437 e. The SMILES string of the molecule is CCC(C)(C(=O)OC(C1CCCC(C(C)(O)C(F)(F)F)C1)(C(F)(F)F)C(F)(F)F)C(F)(F)F. The van der Waals surface area contributed by atoms with E-state index in [9.17, 15) is 62.6 Å². The van der Waals surface area contributed by atoms with Gasteiger partial charge in [-0.3, -0.25) is 4.79 Å². The van der Waals surface area contributed by atoms with Crippen LogP contribution in [0.5, 0.6) is 0 Å². The van der Waals surface area contributed by atoms with Crippen LogP contribution < -0.4 is 0 Å². The second-order valence-corrected chi connectivity index (χ2v) is 8.51. The van der Waals surface area contributed by atoms with E-state index < -0.39 is 91.2 Å². The Morgan fingerprint density at radius 1 is 0.788 bits per heavy atom. The zero-order valence-electron chi connectivity index (χ0n) is 17.5. The summed E-state index contributed by atoms with van der Waals surface area (Å²) in [6, 6.07) is 0. The average Bonchev–Trinajstić information content (AvgIpc) is 2.61. The van der Waals surface area contributed by atoms with Crippen molar-refractivity contribution in [2.45, 2.75) is 88.8 Å². The van der Waals surface area contributed by atoms with Crippen LogP contribution in [-0.4, -0.2) is 47.0 Å². The zero-order chi connectivity index (χ0) is 26.5. The van der Waals surface area contributed by atoms with Crippen LogP contribution in [0.15, 0.2) is 0 Å². The number of halogens is 12. The summed E-state index contributed by atoms with van der Waals surface area (Å²) in [4.78, 5) is 12.2. The Labute approximate surface area is 180 Å². The van der Waals surface area contributed by atoms with E-state index >= 15 is 0 Å². The van der Waals surface area contributed by atoms with Crippen LogP contribution in [-0.2, 0) is 9.53 Å². The van der Waals surface area contributed by atoms with Crippen LogP contribution in [0.1, 0.15) is 52.9 Å². The molecule has 0 saturated heterocycles. The highest BCUT2D eigenvalue weighted by Gasteiger charge is 2.79. The Morgan fingerprint density at radius 2 is 1.21 bits per heavy atom. The largest absolute Gasteiger partial charge is 0.438 e. The van der Waals surface area contributed by atoms with Crippen LogP contribution in [0.2, 0.25) is 0 Å². The topological polar surface area (TPSA) is 46.5 Å². The van der Waals surface area contributed by atoms with Gasteiger partial charge in [0.1, 0.15) is 0 Å². The van der Waals surface area contributed by atoms with E-state index in [4.69, 9.17) is 0 Å². The van der Waals surface area contributed by atoms with E-state index in [0.717, 1.165) is 0 Å². The van der Waals surface area contributed by atoms with E-state index in [2.05, 4.69) is 4.74 Å². The molecule has 1 aliphatic carbocycles. The molecule has 33 heavy (non-hydrogen) atoms. The number of aliphatic hydroxyl groups is 1. The first kappa shape index (κ1) is 29.6. The van der Waals surface area contributed by atoms with Crippen molar-refractivity contribution in [1.82, 2.24) is 0 Å². The van der Waals surface area contributed by atoms with Gasteiger partial charge in [-0.25, -0.2) is 0 Å². The molecule has 4 unspecified atom stereocenters.